The van der Waals surface area contributed by atoms with Gasteiger partial charge in [0, 0.05) is 38.3 Å². The molecule has 2 aliphatic heterocycles. The van der Waals surface area contributed by atoms with Crippen LogP contribution < -0.4 is 0 Å². The number of ketones is 1. The number of fused-ring (bicyclic) bond motifs is 1. The van der Waals surface area contributed by atoms with Crippen molar-refractivity contribution >= 4 is 5.78 Å². The lowest BCUT2D eigenvalue weighted by Crippen LogP contribution is -2.32. The number of phenolic OH excluding ortho intramolecular Hbond substituents is 1. The van der Waals surface area contributed by atoms with Gasteiger partial charge in [-0.3, -0.25) is 14.6 Å². The van der Waals surface area contributed by atoms with Crippen LogP contribution in [0.1, 0.15) is 15.9 Å². The fraction of sp³-hybridized carbons (Fsp3) is 0.381. The summed E-state index contributed by atoms with van der Waals surface area (Å²) in [6.45, 7) is 5.79. The van der Waals surface area contributed by atoms with Crippen LogP contribution in [0.2, 0.25) is 0 Å². The van der Waals surface area contributed by atoms with Crippen LogP contribution >= 0.6 is 0 Å². The van der Waals surface area contributed by atoms with Crippen molar-refractivity contribution in [3.63, 3.8) is 0 Å². The number of Topliss-reactive ketones (excluding diaryl/α,β-unsaturated/α-hetero) is 1. The van der Waals surface area contributed by atoms with E-state index < -0.39 is 0 Å². The van der Waals surface area contributed by atoms with Gasteiger partial charge in [0.2, 0.25) is 0 Å². The number of phenols is 1. The van der Waals surface area contributed by atoms with E-state index in [0.29, 0.717) is 23.9 Å². The molecule has 0 aromatic heterocycles. The van der Waals surface area contributed by atoms with Crippen molar-refractivity contribution in [2.24, 2.45) is 11.8 Å². The SMILES string of the molecule is O=C(CN1CC2CN(Cc3ccccc3)CC2C1)c1ccc(O)cc1. The standard InChI is InChI=1S/C21H24N2O2/c24-20-8-6-17(7-9-20)21(25)15-23-13-18-11-22(12-19(18)14-23)10-16-4-2-1-3-5-16/h1-9,18-19,24H,10-15H2. The van der Waals surface area contributed by atoms with Crippen molar-refractivity contribution < 1.29 is 9.90 Å². The molecular weight excluding hydrogens is 312 g/mol. The predicted octanol–water partition coefficient (Wildman–Crippen LogP) is 2.64. The normalized spacial score (nSPS) is 23.7. The van der Waals surface area contributed by atoms with Crippen molar-refractivity contribution in [2.45, 2.75) is 6.54 Å². The van der Waals surface area contributed by atoms with Gasteiger partial charge < -0.3 is 5.11 Å². The maximum atomic E-state index is 12.4. The second kappa shape index (κ2) is 6.98. The number of rotatable bonds is 5. The smallest absolute Gasteiger partial charge is 0.176 e. The van der Waals surface area contributed by atoms with E-state index in [4.69, 9.17) is 0 Å². The maximum Gasteiger partial charge on any atom is 0.176 e. The summed E-state index contributed by atoms with van der Waals surface area (Å²) in [4.78, 5) is 17.2. The van der Waals surface area contributed by atoms with Crippen LogP contribution in [0.3, 0.4) is 0 Å². The van der Waals surface area contributed by atoms with E-state index in [1.54, 1.807) is 24.3 Å². The number of benzene rings is 2. The summed E-state index contributed by atoms with van der Waals surface area (Å²) < 4.78 is 0. The molecule has 2 aromatic rings. The van der Waals surface area contributed by atoms with Crippen LogP contribution in [-0.2, 0) is 6.54 Å². The van der Waals surface area contributed by atoms with Crippen LogP contribution in [0, 0.1) is 11.8 Å². The Labute approximate surface area is 148 Å². The second-order valence-electron chi connectivity index (χ2n) is 7.36. The minimum absolute atomic E-state index is 0.140. The molecule has 1 N–H and O–H groups in total. The van der Waals surface area contributed by atoms with Gasteiger partial charge in [-0.15, -0.1) is 0 Å². The highest BCUT2D eigenvalue weighted by molar-refractivity contribution is 5.97. The first kappa shape index (κ1) is 16.3. The third-order valence-electron chi connectivity index (χ3n) is 5.44. The Morgan fingerprint density at radius 2 is 1.48 bits per heavy atom. The summed E-state index contributed by atoms with van der Waals surface area (Å²) in [6, 6.07) is 17.2. The number of hydrogen-bond acceptors (Lipinski definition) is 4. The number of likely N-dealkylation sites (tertiary alicyclic amines) is 2. The van der Waals surface area contributed by atoms with Gasteiger partial charge in [-0.1, -0.05) is 30.3 Å². The molecule has 0 amide bonds. The van der Waals surface area contributed by atoms with Gasteiger partial charge in [0.1, 0.15) is 5.75 Å². The third-order valence-corrected chi connectivity index (χ3v) is 5.44. The van der Waals surface area contributed by atoms with Crippen LogP contribution in [0.4, 0.5) is 0 Å². The number of carbonyl (C=O) groups is 1. The summed E-state index contributed by atoms with van der Waals surface area (Å²) in [5, 5.41) is 9.34. The van der Waals surface area contributed by atoms with E-state index in [9.17, 15) is 9.90 Å². The highest BCUT2D eigenvalue weighted by Crippen LogP contribution is 2.32. The topological polar surface area (TPSA) is 43.8 Å². The van der Waals surface area contributed by atoms with Gasteiger partial charge in [-0.2, -0.15) is 0 Å². The van der Waals surface area contributed by atoms with Crippen LogP contribution in [0.5, 0.6) is 5.75 Å². The largest absolute Gasteiger partial charge is 0.508 e. The quantitative estimate of drug-likeness (QED) is 0.853. The van der Waals surface area contributed by atoms with Crippen molar-refractivity contribution in [2.75, 3.05) is 32.7 Å². The Morgan fingerprint density at radius 1 is 0.880 bits per heavy atom. The molecule has 25 heavy (non-hydrogen) atoms. The van der Waals surface area contributed by atoms with E-state index >= 15 is 0 Å². The molecule has 4 nitrogen and oxygen atoms in total. The Bertz CT molecular complexity index is 715. The van der Waals surface area contributed by atoms with E-state index in [-0.39, 0.29) is 11.5 Å². The summed E-state index contributed by atoms with van der Waals surface area (Å²) >= 11 is 0. The molecule has 4 rings (SSSR count). The Balaban J connectivity index is 1.29. The fourth-order valence-corrected chi connectivity index (χ4v) is 4.23. The molecule has 0 spiro atoms. The average molecular weight is 336 g/mol. The molecule has 2 aliphatic rings. The van der Waals surface area contributed by atoms with E-state index in [2.05, 4.69) is 40.1 Å². The molecule has 2 saturated heterocycles. The van der Waals surface area contributed by atoms with E-state index in [1.807, 2.05) is 0 Å². The lowest BCUT2D eigenvalue weighted by Gasteiger charge is -2.21. The lowest BCUT2D eigenvalue weighted by atomic mass is 10.0. The lowest BCUT2D eigenvalue weighted by molar-refractivity contribution is 0.0938. The third kappa shape index (κ3) is 3.75. The average Bonchev–Trinajstić information content (AvgIpc) is 3.14. The zero-order chi connectivity index (χ0) is 17.2. The zero-order valence-electron chi connectivity index (χ0n) is 14.3. The van der Waals surface area contributed by atoms with E-state index in [0.717, 1.165) is 32.7 Å². The summed E-state index contributed by atoms with van der Waals surface area (Å²) in [5.41, 5.74) is 2.06. The van der Waals surface area contributed by atoms with Crippen LogP contribution in [0.15, 0.2) is 54.6 Å². The van der Waals surface area contributed by atoms with Gasteiger partial charge in [-0.25, -0.2) is 0 Å². The number of aromatic hydroxyl groups is 1. The fourth-order valence-electron chi connectivity index (χ4n) is 4.23. The molecule has 2 unspecified atom stereocenters. The first-order valence-corrected chi connectivity index (χ1v) is 8.98. The highest BCUT2D eigenvalue weighted by atomic mass is 16.3. The molecule has 2 heterocycles. The van der Waals surface area contributed by atoms with Gasteiger partial charge in [0.15, 0.2) is 5.78 Å². The number of hydrogen-bond donors (Lipinski definition) is 1. The Morgan fingerprint density at radius 3 is 2.12 bits per heavy atom. The summed E-state index contributed by atoms with van der Waals surface area (Å²) in [5.74, 6) is 1.69. The molecule has 4 heteroatoms. The van der Waals surface area contributed by atoms with Gasteiger partial charge >= 0.3 is 0 Å². The summed E-state index contributed by atoms with van der Waals surface area (Å²) in [6.07, 6.45) is 0. The Hall–Kier alpha value is -2.17. The predicted molar refractivity (Wildman–Crippen MR) is 97.6 cm³/mol. The van der Waals surface area contributed by atoms with Crippen molar-refractivity contribution in [3.05, 3.63) is 65.7 Å². The molecule has 2 aromatic carbocycles. The minimum Gasteiger partial charge on any atom is -0.508 e. The van der Waals surface area contributed by atoms with Crippen molar-refractivity contribution in [1.82, 2.24) is 9.80 Å². The molecule has 0 aliphatic carbocycles. The Kier molecular flexibility index (Phi) is 4.55. The molecule has 0 radical (unpaired) electrons. The first-order valence-electron chi connectivity index (χ1n) is 8.98. The molecule has 130 valence electrons. The van der Waals surface area contributed by atoms with Gasteiger partial charge in [-0.05, 0) is 41.7 Å². The van der Waals surface area contributed by atoms with Crippen molar-refractivity contribution in [1.29, 1.82) is 0 Å². The zero-order valence-corrected chi connectivity index (χ0v) is 14.3. The maximum absolute atomic E-state index is 12.4. The van der Waals surface area contributed by atoms with Crippen LogP contribution in [-0.4, -0.2) is 53.4 Å². The van der Waals surface area contributed by atoms with Gasteiger partial charge in [0.25, 0.3) is 0 Å². The molecule has 2 atom stereocenters. The van der Waals surface area contributed by atoms with Gasteiger partial charge in [0.05, 0.1) is 6.54 Å². The van der Waals surface area contributed by atoms with Crippen molar-refractivity contribution in [3.8, 4) is 5.75 Å². The highest BCUT2D eigenvalue weighted by Gasteiger charge is 2.40. The molecule has 0 saturated carbocycles. The summed E-state index contributed by atoms with van der Waals surface area (Å²) in [7, 11) is 0. The van der Waals surface area contributed by atoms with E-state index in [1.165, 1.54) is 5.56 Å². The molecular formula is C21H24N2O2. The minimum atomic E-state index is 0.140. The second-order valence-corrected chi connectivity index (χ2v) is 7.36. The molecule has 2 fully saturated rings. The monoisotopic (exact) mass is 336 g/mol. The molecule has 0 bridgehead atoms. The number of nitrogens with zero attached hydrogens (tertiary/aromatic N) is 2. The first-order chi connectivity index (χ1) is 12.2. The van der Waals surface area contributed by atoms with Crippen LogP contribution in [0.25, 0.3) is 0 Å². The number of carbonyl (C=O) groups excluding carboxylic acids is 1.